The van der Waals surface area contributed by atoms with E-state index < -0.39 is 11.7 Å². The van der Waals surface area contributed by atoms with E-state index in [2.05, 4.69) is 17.4 Å². The molecule has 1 N–H and O–H groups in total. The van der Waals surface area contributed by atoms with E-state index in [4.69, 9.17) is 0 Å². The summed E-state index contributed by atoms with van der Waals surface area (Å²) in [5.41, 5.74) is 2.74. The lowest BCUT2D eigenvalue weighted by atomic mass is 9.92. The van der Waals surface area contributed by atoms with Crippen molar-refractivity contribution >= 4 is 16.7 Å². The van der Waals surface area contributed by atoms with Gasteiger partial charge in [-0.15, -0.1) is 0 Å². The third-order valence-electron chi connectivity index (χ3n) is 5.23. The summed E-state index contributed by atoms with van der Waals surface area (Å²) in [4.78, 5) is 12.4. The summed E-state index contributed by atoms with van der Waals surface area (Å²) in [7, 11) is 0. The van der Waals surface area contributed by atoms with Gasteiger partial charge in [-0.3, -0.25) is 4.79 Å². The van der Waals surface area contributed by atoms with Crippen molar-refractivity contribution in [3.63, 3.8) is 0 Å². The van der Waals surface area contributed by atoms with Crippen molar-refractivity contribution in [2.45, 2.75) is 44.8 Å². The first-order chi connectivity index (χ1) is 13.7. The average molecular weight is 397 g/mol. The molecule has 1 saturated carbocycles. The number of nitrogens with one attached hydrogen (secondary N) is 1. The Balaban J connectivity index is 1.81. The molecule has 3 aromatic rings. The van der Waals surface area contributed by atoms with Gasteiger partial charge in [-0.1, -0.05) is 30.3 Å². The smallest absolute Gasteiger partial charge is 0.350 e. The van der Waals surface area contributed by atoms with Crippen LogP contribution in [0.4, 0.5) is 13.2 Å². The van der Waals surface area contributed by atoms with Gasteiger partial charge in [0.2, 0.25) is 0 Å². The number of halogens is 3. The van der Waals surface area contributed by atoms with Crippen LogP contribution in [-0.2, 0) is 6.18 Å². The fraction of sp³-hybridized carbons (Fsp3) is 0.292. The highest BCUT2D eigenvalue weighted by Crippen LogP contribution is 2.43. The number of carbonyl (C=O) groups excluding carboxylic acids is 1. The van der Waals surface area contributed by atoms with E-state index in [0.29, 0.717) is 11.5 Å². The Bertz CT molecular complexity index is 1060. The van der Waals surface area contributed by atoms with Gasteiger partial charge >= 0.3 is 6.18 Å². The number of amides is 1. The highest BCUT2D eigenvalue weighted by molar-refractivity contribution is 6.03. The topological polar surface area (TPSA) is 29.1 Å². The molecule has 4 rings (SSSR count). The molecule has 0 heterocycles. The summed E-state index contributed by atoms with van der Waals surface area (Å²) < 4.78 is 38.8. The fourth-order valence-electron chi connectivity index (χ4n) is 3.61. The van der Waals surface area contributed by atoms with E-state index in [1.807, 2.05) is 26.0 Å². The normalized spacial score (nSPS) is 14.4. The van der Waals surface area contributed by atoms with Crippen LogP contribution >= 0.6 is 0 Å². The van der Waals surface area contributed by atoms with Crippen molar-refractivity contribution < 1.29 is 18.0 Å². The van der Waals surface area contributed by atoms with E-state index in [1.54, 1.807) is 6.07 Å². The standard InChI is InChI=1S/C24H22F3NO/c1-14(2)28-23(29)17-7-10-21-19(11-17)12-18(15-3-4-15)13-22(21)16-5-8-20(9-6-16)24(25,26)27/h5-15H,3-4H2,1-2H3,(H,28,29). The minimum Gasteiger partial charge on any atom is -0.350 e. The Morgan fingerprint density at radius 1 is 1.00 bits per heavy atom. The van der Waals surface area contributed by atoms with Crippen LogP contribution in [0.1, 0.15) is 54.1 Å². The SMILES string of the molecule is CC(C)NC(=O)c1ccc2c(-c3ccc(C(F)(F)F)cc3)cc(C3CC3)cc2c1. The van der Waals surface area contributed by atoms with Crippen LogP contribution in [-0.4, -0.2) is 11.9 Å². The van der Waals surface area contributed by atoms with Crippen LogP contribution < -0.4 is 5.32 Å². The summed E-state index contributed by atoms with van der Waals surface area (Å²) in [6.07, 6.45) is -2.12. The molecule has 150 valence electrons. The van der Waals surface area contributed by atoms with Crippen LogP contribution in [0.25, 0.3) is 21.9 Å². The molecule has 5 heteroatoms. The first-order valence-corrected chi connectivity index (χ1v) is 9.78. The van der Waals surface area contributed by atoms with E-state index >= 15 is 0 Å². The molecule has 2 nitrogen and oxygen atoms in total. The molecule has 1 aliphatic carbocycles. The molecule has 0 radical (unpaired) electrons. The Labute approximate surface area is 167 Å². The summed E-state index contributed by atoms with van der Waals surface area (Å²) in [6, 6.07) is 15.0. The molecule has 0 bridgehead atoms. The number of carbonyl (C=O) groups is 1. The second-order valence-corrected chi connectivity index (χ2v) is 7.98. The number of alkyl halides is 3. The van der Waals surface area contributed by atoms with E-state index in [-0.39, 0.29) is 11.9 Å². The molecule has 0 unspecified atom stereocenters. The van der Waals surface area contributed by atoms with Gasteiger partial charge in [0.25, 0.3) is 5.91 Å². The van der Waals surface area contributed by atoms with Crippen molar-refractivity contribution in [2.24, 2.45) is 0 Å². The largest absolute Gasteiger partial charge is 0.416 e. The third-order valence-corrected chi connectivity index (χ3v) is 5.23. The fourth-order valence-corrected chi connectivity index (χ4v) is 3.61. The molecular formula is C24H22F3NO. The Kier molecular flexibility index (Phi) is 4.85. The number of rotatable bonds is 4. The Morgan fingerprint density at radius 3 is 2.28 bits per heavy atom. The summed E-state index contributed by atoms with van der Waals surface area (Å²) in [5.74, 6) is 0.357. The third kappa shape index (κ3) is 4.14. The minimum absolute atomic E-state index is 0.0405. The van der Waals surface area contributed by atoms with Crippen molar-refractivity contribution in [3.05, 3.63) is 71.3 Å². The monoisotopic (exact) mass is 397 g/mol. The van der Waals surface area contributed by atoms with Gasteiger partial charge < -0.3 is 5.32 Å². The lowest BCUT2D eigenvalue weighted by molar-refractivity contribution is -0.137. The molecular weight excluding hydrogens is 375 g/mol. The molecule has 1 aliphatic rings. The highest BCUT2D eigenvalue weighted by Gasteiger charge is 2.30. The van der Waals surface area contributed by atoms with Crippen molar-refractivity contribution in [2.75, 3.05) is 0 Å². The van der Waals surface area contributed by atoms with Gasteiger partial charge in [-0.2, -0.15) is 13.2 Å². The summed E-state index contributed by atoms with van der Waals surface area (Å²) in [5, 5.41) is 4.75. The van der Waals surface area contributed by atoms with Gasteiger partial charge in [0.05, 0.1) is 5.56 Å². The van der Waals surface area contributed by atoms with Gasteiger partial charge in [0.15, 0.2) is 0 Å². The summed E-state index contributed by atoms with van der Waals surface area (Å²) in [6.45, 7) is 3.82. The zero-order valence-electron chi connectivity index (χ0n) is 16.3. The number of benzene rings is 3. The molecule has 0 spiro atoms. The van der Waals surface area contributed by atoms with Gasteiger partial charge in [-0.05, 0) is 84.3 Å². The second-order valence-electron chi connectivity index (χ2n) is 7.98. The maximum atomic E-state index is 12.9. The minimum atomic E-state index is -4.35. The molecule has 1 amide bonds. The van der Waals surface area contributed by atoms with Gasteiger partial charge in [0, 0.05) is 11.6 Å². The zero-order chi connectivity index (χ0) is 20.8. The Morgan fingerprint density at radius 2 is 1.69 bits per heavy atom. The number of hydrogen-bond donors (Lipinski definition) is 1. The molecule has 0 atom stereocenters. The van der Waals surface area contributed by atoms with E-state index in [1.165, 1.54) is 17.7 Å². The van der Waals surface area contributed by atoms with E-state index in [0.717, 1.165) is 46.9 Å². The molecule has 3 aromatic carbocycles. The quantitative estimate of drug-likeness (QED) is 0.532. The van der Waals surface area contributed by atoms with Crippen molar-refractivity contribution in [3.8, 4) is 11.1 Å². The molecule has 1 fully saturated rings. The Hall–Kier alpha value is -2.82. The van der Waals surface area contributed by atoms with Crippen LogP contribution in [0, 0.1) is 0 Å². The second kappa shape index (κ2) is 7.21. The first-order valence-electron chi connectivity index (χ1n) is 9.78. The first kappa shape index (κ1) is 19.5. The number of hydrogen-bond acceptors (Lipinski definition) is 1. The lowest BCUT2D eigenvalue weighted by Gasteiger charge is -2.14. The van der Waals surface area contributed by atoms with Crippen LogP contribution in [0.2, 0.25) is 0 Å². The maximum Gasteiger partial charge on any atom is 0.416 e. The predicted octanol–water partition coefficient (Wildman–Crippen LogP) is 6.54. The predicted molar refractivity (Wildman–Crippen MR) is 109 cm³/mol. The molecule has 0 saturated heterocycles. The van der Waals surface area contributed by atoms with E-state index in [9.17, 15) is 18.0 Å². The van der Waals surface area contributed by atoms with Gasteiger partial charge in [0.1, 0.15) is 0 Å². The molecule has 0 aromatic heterocycles. The highest BCUT2D eigenvalue weighted by atomic mass is 19.4. The van der Waals surface area contributed by atoms with Crippen LogP contribution in [0.5, 0.6) is 0 Å². The summed E-state index contributed by atoms with van der Waals surface area (Å²) >= 11 is 0. The lowest BCUT2D eigenvalue weighted by Crippen LogP contribution is -2.29. The molecule has 0 aliphatic heterocycles. The van der Waals surface area contributed by atoms with Crippen LogP contribution in [0.15, 0.2) is 54.6 Å². The molecule has 29 heavy (non-hydrogen) atoms. The number of fused-ring (bicyclic) bond motifs is 1. The average Bonchev–Trinajstić information content (AvgIpc) is 3.51. The van der Waals surface area contributed by atoms with Crippen molar-refractivity contribution in [1.82, 2.24) is 5.32 Å². The van der Waals surface area contributed by atoms with Crippen molar-refractivity contribution in [1.29, 1.82) is 0 Å². The zero-order valence-corrected chi connectivity index (χ0v) is 16.3. The van der Waals surface area contributed by atoms with Gasteiger partial charge in [-0.25, -0.2) is 0 Å². The van der Waals surface area contributed by atoms with Crippen LogP contribution in [0.3, 0.4) is 0 Å². The maximum absolute atomic E-state index is 12.9.